The number of hydrogen-bond donors (Lipinski definition) is 1. The van der Waals surface area contributed by atoms with Crippen molar-refractivity contribution < 1.29 is 4.42 Å². The molecular weight excluding hydrogens is 244 g/mol. The van der Waals surface area contributed by atoms with Gasteiger partial charge in [-0.05, 0) is 44.7 Å². The molecule has 3 atom stereocenters. The largest absolute Gasteiger partial charge is 0.465 e. The van der Waals surface area contributed by atoms with Crippen LogP contribution in [-0.4, -0.2) is 35.5 Å². The van der Waals surface area contributed by atoms with Crippen LogP contribution in [0.25, 0.3) is 0 Å². The van der Waals surface area contributed by atoms with E-state index >= 15 is 0 Å². The molecule has 0 radical (unpaired) electrons. The Kier molecular flexibility index (Phi) is 4.76. The van der Waals surface area contributed by atoms with E-state index in [1.807, 2.05) is 24.8 Å². The molecule has 1 aliphatic rings. The fourth-order valence-electron chi connectivity index (χ4n) is 2.62. The van der Waals surface area contributed by atoms with Gasteiger partial charge in [0.25, 0.3) is 0 Å². The summed E-state index contributed by atoms with van der Waals surface area (Å²) in [6.07, 6.45) is 2.22. The first-order chi connectivity index (χ1) is 8.63. The highest BCUT2D eigenvalue weighted by Gasteiger charge is 2.32. The van der Waals surface area contributed by atoms with Gasteiger partial charge in [-0.25, -0.2) is 0 Å². The fourth-order valence-corrected chi connectivity index (χ4v) is 3.90. The number of thioether (sulfide) groups is 1. The second-order valence-electron chi connectivity index (χ2n) is 5.15. The van der Waals surface area contributed by atoms with E-state index in [2.05, 4.69) is 24.9 Å². The molecule has 4 heteroatoms. The quantitative estimate of drug-likeness (QED) is 0.891. The minimum Gasteiger partial charge on any atom is -0.465 e. The lowest BCUT2D eigenvalue weighted by Crippen LogP contribution is -2.43. The van der Waals surface area contributed by atoms with Crippen molar-refractivity contribution in [2.24, 2.45) is 5.73 Å². The van der Waals surface area contributed by atoms with E-state index < -0.39 is 0 Å². The summed E-state index contributed by atoms with van der Waals surface area (Å²) in [5.41, 5.74) is 6.32. The summed E-state index contributed by atoms with van der Waals surface area (Å²) in [5, 5.41) is 0. The normalized spacial score (nSPS) is 23.5. The highest BCUT2D eigenvalue weighted by molar-refractivity contribution is 7.99. The van der Waals surface area contributed by atoms with Gasteiger partial charge in [0.1, 0.15) is 11.5 Å². The number of nitrogens with zero attached hydrogens (tertiary/aromatic N) is 1. The van der Waals surface area contributed by atoms with Crippen LogP contribution in [0.4, 0.5) is 0 Å². The second-order valence-corrected chi connectivity index (χ2v) is 6.30. The van der Waals surface area contributed by atoms with Crippen LogP contribution in [0.15, 0.2) is 16.5 Å². The van der Waals surface area contributed by atoms with Gasteiger partial charge in [0.15, 0.2) is 0 Å². The lowest BCUT2D eigenvalue weighted by molar-refractivity contribution is 0.140. The first-order valence-electron chi connectivity index (χ1n) is 6.75. The van der Waals surface area contributed by atoms with Crippen LogP contribution in [0.3, 0.4) is 0 Å². The topological polar surface area (TPSA) is 42.4 Å². The molecule has 102 valence electrons. The summed E-state index contributed by atoms with van der Waals surface area (Å²) in [4.78, 5) is 2.42. The Hall–Kier alpha value is -0.450. The van der Waals surface area contributed by atoms with Crippen LogP contribution in [0.5, 0.6) is 0 Å². The molecule has 0 aromatic carbocycles. The molecular formula is C14H24N2OS. The van der Waals surface area contributed by atoms with Crippen molar-refractivity contribution in [3.8, 4) is 0 Å². The SMILES string of the molecule is CCC(N)C(c1ccc(C)o1)N(C)C1CCSC1. The molecule has 2 rings (SSSR count). The minimum absolute atomic E-state index is 0.131. The van der Waals surface area contributed by atoms with Crippen LogP contribution in [0.1, 0.15) is 37.3 Å². The first kappa shape index (κ1) is 14.0. The fraction of sp³-hybridized carbons (Fsp3) is 0.714. The number of likely N-dealkylation sites (N-methyl/N-ethyl adjacent to an activating group) is 1. The lowest BCUT2D eigenvalue weighted by Gasteiger charge is -2.34. The number of rotatable bonds is 5. The standard InChI is InChI=1S/C14H24N2OS/c1-4-12(15)14(13-6-5-10(2)17-13)16(3)11-7-8-18-9-11/h5-6,11-12,14H,4,7-9,15H2,1-3H3. The maximum atomic E-state index is 6.32. The molecule has 1 saturated heterocycles. The van der Waals surface area contributed by atoms with Crippen LogP contribution < -0.4 is 5.73 Å². The molecule has 0 aliphatic carbocycles. The highest BCUT2D eigenvalue weighted by atomic mass is 32.2. The van der Waals surface area contributed by atoms with Gasteiger partial charge >= 0.3 is 0 Å². The Balaban J connectivity index is 2.18. The van der Waals surface area contributed by atoms with Crippen LogP contribution in [-0.2, 0) is 0 Å². The smallest absolute Gasteiger partial charge is 0.122 e. The molecule has 18 heavy (non-hydrogen) atoms. The molecule has 0 amide bonds. The number of furan rings is 1. The van der Waals surface area contributed by atoms with E-state index in [0.717, 1.165) is 17.9 Å². The average Bonchev–Trinajstić information content (AvgIpc) is 3.00. The van der Waals surface area contributed by atoms with Gasteiger partial charge < -0.3 is 10.2 Å². The molecule has 0 spiro atoms. The molecule has 1 aliphatic heterocycles. The van der Waals surface area contributed by atoms with Gasteiger partial charge in [0.2, 0.25) is 0 Å². The van der Waals surface area contributed by atoms with Crippen LogP contribution >= 0.6 is 11.8 Å². The third-order valence-corrected chi connectivity index (χ3v) is 4.99. The zero-order valence-corrected chi connectivity index (χ0v) is 12.4. The van der Waals surface area contributed by atoms with Crippen molar-refractivity contribution in [3.63, 3.8) is 0 Å². The third-order valence-electron chi connectivity index (χ3n) is 3.85. The van der Waals surface area contributed by atoms with E-state index in [0.29, 0.717) is 6.04 Å². The third kappa shape index (κ3) is 2.92. The van der Waals surface area contributed by atoms with Gasteiger partial charge in [-0.1, -0.05) is 6.92 Å². The van der Waals surface area contributed by atoms with Crippen LogP contribution in [0.2, 0.25) is 0 Å². The van der Waals surface area contributed by atoms with Gasteiger partial charge in [0.05, 0.1) is 6.04 Å². The Morgan fingerprint density at radius 2 is 2.33 bits per heavy atom. The maximum absolute atomic E-state index is 6.32. The summed E-state index contributed by atoms with van der Waals surface area (Å²) < 4.78 is 5.82. The van der Waals surface area contributed by atoms with Crippen molar-refractivity contribution in [1.82, 2.24) is 4.90 Å². The van der Waals surface area contributed by atoms with Gasteiger partial charge in [-0.2, -0.15) is 11.8 Å². The second kappa shape index (κ2) is 6.13. The van der Waals surface area contributed by atoms with E-state index in [1.165, 1.54) is 17.9 Å². The molecule has 1 aromatic heterocycles. The van der Waals surface area contributed by atoms with Crippen molar-refractivity contribution >= 4 is 11.8 Å². The Morgan fingerprint density at radius 3 is 2.83 bits per heavy atom. The molecule has 1 fully saturated rings. The number of hydrogen-bond acceptors (Lipinski definition) is 4. The first-order valence-corrected chi connectivity index (χ1v) is 7.90. The molecule has 3 unspecified atom stereocenters. The lowest BCUT2D eigenvalue weighted by atomic mass is 10.0. The summed E-state index contributed by atoms with van der Waals surface area (Å²) in [7, 11) is 2.19. The average molecular weight is 268 g/mol. The highest BCUT2D eigenvalue weighted by Crippen LogP contribution is 2.31. The van der Waals surface area contributed by atoms with Crippen molar-refractivity contribution in [2.45, 2.75) is 44.8 Å². The summed E-state index contributed by atoms with van der Waals surface area (Å²) >= 11 is 2.03. The van der Waals surface area contributed by atoms with Crippen molar-refractivity contribution in [3.05, 3.63) is 23.7 Å². The molecule has 0 bridgehead atoms. The Morgan fingerprint density at radius 1 is 1.56 bits per heavy atom. The summed E-state index contributed by atoms with van der Waals surface area (Å²) in [6, 6.07) is 5.07. The minimum atomic E-state index is 0.131. The van der Waals surface area contributed by atoms with Gasteiger partial charge in [-0.15, -0.1) is 0 Å². The van der Waals surface area contributed by atoms with E-state index in [9.17, 15) is 0 Å². The predicted molar refractivity (Wildman–Crippen MR) is 77.9 cm³/mol. The molecule has 2 N–H and O–H groups in total. The number of nitrogens with two attached hydrogens (primary N) is 1. The Bertz CT molecular complexity index is 374. The van der Waals surface area contributed by atoms with E-state index in [1.54, 1.807) is 0 Å². The van der Waals surface area contributed by atoms with Crippen molar-refractivity contribution in [2.75, 3.05) is 18.6 Å². The molecule has 3 nitrogen and oxygen atoms in total. The van der Waals surface area contributed by atoms with Gasteiger partial charge in [-0.3, -0.25) is 4.90 Å². The van der Waals surface area contributed by atoms with Crippen molar-refractivity contribution in [1.29, 1.82) is 0 Å². The zero-order valence-electron chi connectivity index (χ0n) is 11.6. The zero-order chi connectivity index (χ0) is 13.1. The monoisotopic (exact) mass is 268 g/mol. The summed E-state index contributed by atoms with van der Waals surface area (Å²) in [5.74, 6) is 4.46. The predicted octanol–water partition coefficient (Wildman–Crippen LogP) is 2.80. The van der Waals surface area contributed by atoms with Gasteiger partial charge in [0, 0.05) is 17.8 Å². The van der Waals surface area contributed by atoms with Crippen LogP contribution in [0, 0.1) is 6.92 Å². The van der Waals surface area contributed by atoms with E-state index in [-0.39, 0.29) is 12.1 Å². The van der Waals surface area contributed by atoms with E-state index in [4.69, 9.17) is 10.2 Å². The summed E-state index contributed by atoms with van der Waals surface area (Å²) in [6.45, 7) is 4.13. The number of aryl methyl sites for hydroxylation is 1. The molecule has 0 saturated carbocycles. The maximum Gasteiger partial charge on any atom is 0.122 e. The molecule has 1 aromatic rings. The molecule has 2 heterocycles. The Labute approximate surface area is 114 Å².